The Morgan fingerprint density at radius 2 is 1.71 bits per heavy atom. The molecule has 0 aromatic heterocycles. The van der Waals surface area contributed by atoms with E-state index >= 15 is 0 Å². The largest absolute Gasteiger partial charge is 1.00 e. The van der Waals surface area contributed by atoms with Gasteiger partial charge in [-0.05, 0) is 19.8 Å². The molecule has 0 aromatic rings. The minimum absolute atomic E-state index is 0. The first-order valence-electron chi connectivity index (χ1n) is 4.32. The van der Waals surface area contributed by atoms with Crippen LogP contribution in [0.3, 0.4) is 0 Å². The Morgan fingerprint density at radius 3 is 2.12 bits per heavy atom. The number of phosphoric acid groups is 1. The third-order valence-electron chi connectivity index (χ3n) is 1.37. The molecule has 9 heteroatoms. The summed E-state index contributed by atoms with van der Waals surface area (Å²) in [6.07, 6.45) is 0.761. The second-order valence-corrected chi connectivity index (χ2v) is 4.06. The zero-order valence-corrected chi connectivity index (χ0v) is 15.3. The Hall–Kier alpha value is 1.32. The summed E-state index contributed by atoms with van der Waals surface area (Å²) < 4.78 is 18.7. The van der Waals surface area contributed by atoms with Gasteiger partial charge in [-0.25, -0.2) is 4.79 Å². The molecule has 0 heterocycles. The van der Waals surface area contributed by atoms with Crippen molar-refractivity contribution in [3.8, 4) is 0 Å². The predicted molar refractivity (Wildman–Crippen MR) is 48.6 cm³/mol. The first-order chi connectivity index (χ1) is 6.83. The SMILES string of the molecule is C=C(C)C(=O)OCCCCOP(=O)([O-])[O-].[Na+].[Na+]. The van der Waals surface area contributed by atoms with Gasteiger partial charge in [0.2, 0.25) is 0 Å². The van der Waals surface area contributed by atoms with Crippen LogP contribution in [0.15, 0.2) is 12.2 Å². The fourth-order valence-corrected chi connectivity index (χ4v) is 1.02. The van der Waals surface area contributed by atoms with Gasteiger partial charge in [-0.1, -0.05) is 6.58 Å². The van der Waals surface area contributed by atoms with Gasteiger partial charge in [0.1, 0.15) is 0 Å². The molecule has 0 aliphatic heterocycles. The van der Waals surface area contributed by atoms with Gasteiger partial charge in [0.05, 0.1) is 21.0 Å². The number of rotatable bonds is 7. The summed E-state index contributed by atoms with van der Waals surface area (Å²) >= 11 is 0. The smallest absolute Gasteiger partial charge is 0.790 e. The summed E-state index contributed by atoms with van der Waals surface area (Å²) in [6.45, 7) is 4.87. The van der Waals surface area contributed by atoms with Gasteiger partial charge < -0.3 is 23.6 Å². The molecule has 0 radical (unpaired) electrons. The molecule has 0 bridgehead atoms. The molecule has 0 aromatic carbocycles. The number of esters is 1. The molecule has 17 heavy (non-hydrogen) atoms. The summed E-state index contributed by atoms with van der Waals surface area (Å²) in [4.78, 5) is 30.9. The molecule has 0 spiro atoms. The van der Waals surface area contributed by atoms with Gasteiger partial charge >= 0.3 is 65.1 Å². The molecule has 0 saturated heterocycles. The van der Waals surface area contributed by atoms with Crippen molar-refractivity contribution in [2.45, 2.75) is 19.8 Å². The van der Waals surface area contributed by atoms with Crippen LogP contribution >= 0.6 is 7.82 Å². The number of carbonyl (C=O) groups is 1. The summed E-state index contributed by atoms with van der Waals surface area (Å²) in [5.41, 5.74) is 0.301. The number of hydrogen-bond donors (Lipinski definition) is 0. The molecule has 0 unspecified atom stereocenters. The minimum atomic E-state index is -4.87. The van der Waals surface area contributed by atoms with Crippen LogP contribution in [0.4, 0.5) is 0 Å². The fourth-order valence-electron chi connectivity index (χ4n) is 0.669. The van der Waals surface area contributed by atoms with E-state index in [-0.39, 0.29) is 72.3 Å². The molecular weight excluding hydrogens is 269 g/mol. The van der Waals surface area contributed by atoms with Crippen molar-refractivity contribution in [2.75, 3.05) is 13.2 Å². The van der Waals surface area contributed by atoms with E-state index < -0.39 is 13.8 Å². The summed E-state index contributed by atoms with van der Waals surface area (Å²) in [7, 11) is -4.87. The van der Waals surface area contributed by atoms with Crippen LogP contribution in [0.25, 0.3) is 0 Å². The summed E-state index contributed by atoms with van der Waals surface area (Å²) in [5, 5.41) is 0. The van der Waals surface area contributed by atoms with Gasteiger partial charge in [0.25, 0.3) is 0 Å². The van der Waals surface area contributed by atoms with Crippen LogP contribution in [0.5, 0.6) is 0 Å². The van der Waals surface area contributed by atoms with Crippen LogP contribution in [0.2, 0.25) is 0 Å². The molecule has 0 N–H and O–H groups in total. The molecule has 0 aliphatic rings. The monoisotopic (exact) mass is 282 g/mol. The number of hydrogen-bond acceptors (Lipinski definition) is 6. The topological polar surface area (TPSA) is 98.7 Å². The van der Waals surface area contributed by atoms with Crippen LogP contribution in [-0.4, -0.2) is 19.2 Å². The van der Waals surface area contributed by atoms with Crippen molar-refractivity contribution < 1.29 is 87.5 Å². The van der Waals surface area contributed by atoms with Crippen molar-refractivity contribution in [3.63, 3.8) is 0 Å². The Kier molecular flexibility index (Phi) is 17.0. The van der Waals surface area contributed by atoms with Crippen molar-refractivity contribution in [2.24, 2.45) is 0 Å². The van der Waals surface area contributed by atoms with Crippen LogP contribution in [0, 0.1) is 0 Å². The van der Waals surface area contributed by atoms with Crippen molar-refractivity contribution >= 4 is 13.8 Å². The van der Waals surface area contributed by atoms with Crippen molar-refractivity contribution in [1.82, 2.24) is 0 Å². The zero-order valence-electron chi connectivity index (χ0n) is 10.4. The maximum atomic E-state index is 10.8. The number of unbranched alkanes of at least 4 members (excludes halogenated alkanes) is 1. The maximum Gasteiger partial charge on any atom is 1.00 e. The maximum absolute atomic E-state index is 10.8. The molecular formula is C8H13Na2O6P. The molecule has 6 nitrogen and oxygen atoms in total. The van der Waals surface area contributed by atoms with Crippen LogP contribution < -0.4 is 68.9 Å². The summed E-state index contributed by atoms with van der Waals surface area (Å²) in [5.74, 6) is -0.491. The van der Waals surface area contributed by atoms with E-state index in [0.717, 1.165) is 0 Å². The fraction of sp³-hybridized carbons (Fsp3) is 0.625. The predicted octanol–water partition coefficient (Wildman–Crippen LogP) is -6.26. The third kappa shape index (κ3) is 17.3. The van der Waals surface area contributed by atoms with Gasteiger partial charge in [0, 0.05) is 5.57 Å². The molecule has 88 valence electrons. The van der Waals surface area contributed by atoms with E-state index in [1.54, 1.807) is 0 Å². The minimum Gasteiger partial charge on any atom is -0.790 e. The molecule has 0 saturated carbocycles. The van der Waals surface area contributed by atoms with E-state index in [9.17, 15) is 19.1 Å². The second kappa shape index (κ2) is 12.4. The van der Waals surface area contributed by atoms with Gasteiger partial charge in [-0.15, -0.1) is 0 Å². The zero-order chi connectivity index (χ0) is 11.9. The van der Waals surface area contributed by atoms with E-state index in [1.165, 1.54) is 6.92 Å². The summed E-state index contributed by atoms with van der Waals surface area (Å²) in [6, 6.07) is 0. The number of phosphoric ester groups is 1. The van der Waals surface area contributed by atoms with Gasteiger partial charge in [0.15, 0.2) is 0 Å². The molecule has 0 amide bonds. The van der Waals surface area contributed by atoms with Gasteiger partial charge in [-0.3, -0.25) is 0 Å². The van der Waals surface area contributed by atoms with E-state index in [0.29, 0.717) is 18.4 Å². The standard InChI is InChI=1S/C8H15O6P.2Na/c1-7(2)8(9)13-5-3-4-6-14-15(10,11)12;;/h1,3-6H2,2H3,(H2,10,11,12);;/q;2*+1/p-2. The van der Waals surface area contributed by atoms with E-state index in [4.69, 9.17) is 4.74 Å². The number of carbonyl (C=O) groups excluding carboxylic acids is 1. The second-order valence-electron chi connectivity index (χ2n) is 2.90. The first kappa shape index (κ1) is 23.4. The van der Waals surface area contributed by atoms with Gasteiger partial charge in [-0.2, -0.15) is 0 Å². The Morgan fingerprint density at radius 1 is 1.24 bits per heavy atom. The normalized spacial score (nSPS) is 9.82. The Labute approximate surface area is 145 Å². The average Bonchev–Trinajstić information content (AvgIpc) is 2.08. The molecule has 0 atom stereocenters. The Bertz CT molecular complexity index is 277. The quantitative estimate of drug-likeness (QED) is 0.151. The third-order valence-corrected chi connectivity index (χ3v) is 1.87. The van der Waals surface area contributed by atoms with Crippen LogP contribution in [0.1, 0.15) is 19.8 Å². The van der Waals surface area contributed by atoms with Crippen LogP contribution in [-0.2, 0) is 18.6 Å². The first-order valence-corrected chi connectivity index (χ1v) is 5.78. The van der Waals surface area contributed by atoms with Crippen molar-refractivity contribution in [1.29, 1.82) is 0 Å². The Balaban J connectivity index is -0.000000980. The van der Waals surface area contributed by atoms with E-state index in [1.807, 2.05) is 0 Å². The average molecular weight is 282 g/mol. The van der Waals surface area contributed by atoms with E-state index in [2.05, 4.69) is 11.1 Å². The molecule has 0 aliphatic carbocycles. The number of ether oxygens (including phenoxy) is 1. The molecule has 0 fully saturated rings. The molecule has 0 rings (SSSR count). The van der Waals surface area contributed by atoms with Crippen molar-refractivity contribution in [3.05, 3.63) is 12.2 Å².